The first-order valence-corrected chi connectivity index (χ1v) is 20.1. The molecule has 254 valence electrons. The van der Waals surface area contributed by atoms with Crippen LogP contribution in [-0.2, 0) is 0 Å². The minimum absolute atomic E-state index is 0.931. The van der Waals surface area contributed by atoms with Gasteiger partial charge in [-0.1, -0.05) is 115 Å². The van der Waals surface area contributed by atoms with Gasteiger partial charge >= 0.3 is 0 Å². The van der Waals surface area contributed by atoms with Crippen LogP contribution in [0.15, 0.2) is 158 Å². The minimum atomic E-state index is 0.931. The molecule has 0 unspecified atom stereocenters. The highest BCUT2D eigenvalue weighted by Crippen LogP contribution is 2.44. The van der Waals surface area contributed by atoms with Crippen molar-refractivity contribution in [1.82, 2.24) is 19.6 Å². The Morgan fingerprint density at radius 2 is 1.13 bits per heavy atom. The van der Waals surface area contributed by atoms with Crippen LogP contribution in [-0.4, -0.2) is 19.6 Å². The van der Waals surface area contributed by atoms with Gasteiger partial charge in [0, 0.05) is 36.3 Å². The fourth-order valence-electron chi connectivity index (χ4n) is 8.79. The number of thiophene rings is 2. The highest BCUT2D eigenvalue weighted by Gasteiger charge is 2.20. The van der Waals surface area contributed by atoms with Gasteiger partial charge < -0.3 is 0 Å². The first kappa shape index (κ1) is 29.7. The van der Waals surface area contributed by atoms with Gasteiger partial charge in [-0.2, -0.15) is 0 Å². The predicted molar refractivity (Wildman–Crippen MR) is 235 cm³/mol. The summed E-state index contributed by atoms with van der Waals surface area (Å²) < 4.78 is 7.29. The van der Waals surface area contributed by atoms with E-state index in [1.807, 2.05) is 23.5 Å². The predicted octanol–water partition coefficient (Wildman–Crippen LogP) is 14.0. The Morgan fingerprint density at radius 1 is 0.400 bits per heavy atom. The summed E-state index contributed by atoms with van der Waals surface area (Å²) in [5.41, 5.74) is 9.65. The third-order valence-corrected chi connectivity index (χ3v) is 13.8. The lowest BCUT2D eigenvalue weighted by atomic mass is 10.00. The maximum absolute atomic E-state index is 5.53. The Kier molecular flexibility index (Phi) is 5.90. The Morgan fingerprint density at radius 3 is 2.02 bits per heavy atom. The van der Waals surface area contributed by atoms with Gasteiger partial charge in [-0.25, -0.2) is 4.98 Å². The fraction of sp³-hybridized carbons (Fsp3) is 0. The summed E-state index contributed by atoms with van der Waals surface area (Å²) in [4.78, 5) is 5.53. The molecule has 5 heterocycles. The topological polar surface area (TPSA) is 43.1 Å². The molecular weight excluding hydrogens is 709 g/mol. The Bertz CT molecular complexity index is 3780. The second-order valence-corrected chi connectivity index (χ2v) is 16.5. The van der Waals surface area contributed by atoms with Crippen molar-refractivity contribution in [2.24, 2.45) is 0 Å². The molecule has 5 aromatic heterocycles. The molecule has 13 aromatic rings. The van der Waals surface area contributed by atoms with Crippen molar-refractivity contribution < 1.29 is 0 Å². The monoisotopic (exact) mass is 734 g/mol. The summed E-state index contributed by atoms with van der Waals surface area (Å²) >= 11 is 3.63. The van der Waals surface area contributed by atoms with E-state index in [9.17, 15) is 0 Å². The second-order valence-electron chi connectivity index (χ2n) is 14.4. The SMILES string of the molecule is c1ccc2cc3c(cc2c1)sc1c3cc(-c2ccc(-c3ccc4sc5c6ccccc6nnc5c4c3)cc2)n2c3ccc4c5ccccc5ccc4c3nc12. The number of pyridine rings is 1. The molecule has 0 radical (unpaired) electrons. The highest BCUT2D eigenvalue weighted by atomic mass is 32.1. The van der Waals surface area contributed by atoms with E-state index in [1.54, 1.807) is 11.3 Å². The third-order valence-electron chi connectivity index (χ3n) is 11.4. The number of hydrogen-bond acceptors (Lipinski definition) is 5. The van der Waals surface area contributed by atoms with Crippen molar-refractivity contribution in [3.05, 3.63) is 158 Å². The molecule has 55 heavy (non-hydrogen) atoms. The van der Waals surface area contributed by atoms with Crippen LogP contribution in [0.4, 0.5) is 0 Å². The largest absolute Gasteiger partial charge is 0.291 e. The molecule has 4 nitrogen and oxygen atoms in total. The van der Waals surface area contributed by atoms with Crippen LogP contribution < -0.4 is 0 Å². The molecule has 0 atom stereocenters. The average Bonchev–Trinajstić information content (AvgIpc) is 3.94. The van der Waals surface area contributed by atoms with Gasteiger partial charge in [0.1, 0.15) is 5.52 Å². The lowest BCUT2D eigenvalue weighted by Crippen LogP contribution is -1.93. The number of benzene rings is 8. The van der Waals surface area contributed by atoms with Gasteiger partial charge in [0.2, 0.25) is 0 Å². The van der Waals surface area contributed by atoms with Crippen LogP contribution in [0.2, 0.25) is 0 Å². The maximum atomic E-state index is 5.53. The van der Waals surface area contributed by atoms with E-state index < -0.39 is 0 Å². The first-order valence-electron chi connectivity index (χ1n) is 18.4. The van der Waals surface area contributed by atoms with Crippen LogP contribution in [0.3, 0.4) is 0 Å². The maximum Gasteiger partial charge on any atom is 0.156 e. The molecule has 0 saturated heterocycles. The van der Waals surface area contributed by atoms with Gasteiger partial charge in [-0.05, 0) is 86.1 Å². The van der Waals surface area contributed by atoms with Crippen LogP contribution in [0.5, 0.6) is 0 Å². The molecule has 0 aliphatic heterocycles. The van der Waals surface area contributed by atoms with Gasteiger partial charge in [0.15, 0.2) is 5.65 Å². The smallest absolute Gasteiger partial charge is 0.156 e. The van der Waals surface area contributed by atoms with Gasteiger partial charge in [0.05, 0.1) is 31.6 Å². The number of hydrogen-bond donors (Lipinski definition) is 0. The average molecular weight is 735 g/mol. The second kappa shape index (κ2) is 10.9. The molecule has 0 fully saturated rings. The number of fused-ring (bicyclic) bond motifs is 17. The van der Waals surface area contributed by atoms with Gasteiger partial charge in [0.25, 0.3) is 0 Å². The summed E-state index contributed by atoms with van der Waals surface area (Å²) in [6.07, 6.45) is 0. The summed E-state index contributed by atoms with van der Waals surface area (Å²) in [5.74, 6) is 0. The molecule has 0 spiro atoms. The van der Waals surface area contributed by atoms with E-state index in [0.717, 1.165) is 60.9 Å². The standard InChI is InChI=1S/C49H26N4S2/c1-2-9-31-25-44-37(23-30(31)8-1)38-26-42(53-41-21-20-34-33-10-4-3-7-28(33)17-19-35(34)45(41)50-49(53)48(38)55-44)29-15-13-27(14-16-29)32-18-22-43-39(24-32)46-47(54-43)36-11-5-6-12-40(36)51-52-46/h1-26H. The number of nitrogens with zero attached hydrogens (tertiary/aromatic N) is 4. The Balaban J connectivity index is 1.04. The third kappa shape index (κ3) is 4.18. The Hall–Kier alpha value is -6.73. The van der Waals surface area contributed by atoms with E-state index in [2.05, 4.69) is 160 Å². The molecule has 0 N–H and O–H groups in total. The zero-order valence-electron chi connectivity index (χ0n) is 29.1. The molecule has 0 amide bonds. The van der Waals surface area contributed by atoms with Crippen LogP contribution in [0.25, 0.3) is 123 Å². The zero-order chi connectivity index (χ0) is 35.8. The van der Waals surface area contributed by atoms with Gasteiger partial charge in [-0.15, -0.1) is 32.9 Å². The van der Waals surface area contributed by atoms with Crippen molar-refractivity contribution in [1.29, 1.82) is 0 Å². The first-order chi connectivity index (χ1) is 27.2. The highest BCUT2D eigenvalue weighted by molar-refractivity contribution is 7.27. The minimum Gasteiger partial charge on any atom is -0.291 e. The van der Waals surface area contributed by atoms with E-state index in [-0.39, 0.29) is 0 Å². The van der Waals surface area contributed by atoms with Crippen molar-refractivity contribution >= 4 is 123 Å². The summed E-state index contributed by atoms with van der Waals surface area (Å²) in [5, 5.41) is 21.5. The van der Waals surface area contributed by atoms with E-state index >= 15 is 0 Å². The number of aromatic nitrogens is 4. The summed E-state index contributed by atoms with van der Waals surface area (Å²) in [7, 11) is 0. The normalized spacial score (nSPS) is 12.4. The van der Waals surface area contributed by atoms with Crippen molar-refractivity contribution in [3.8, 4) is 22.4 Å². The fourth-order valence-corrected chi connectivity index (χ4v) is 11.1. The van der Waals surface area contributed by atoms with E-state index in [4.69, 9.17) is 4.98 Å². The molecule has 0 saturated carbocycles. The van der Waals surface area contributed by atoms with Crippen LogP contribution in [0.1, 0.15) is 0 Å². The summed E-state index contributed by atoms with van der Waals surface area (Å²) in [6, 6.07) is 57.4. The molecule has 0 bridgehead atoms. The quantitative estimate of drug-likeness (QED) is 0.166. The number of imidazole rings is 1. The van der Waals surface area contributed by atoms with Gasteiger partial charge in [-0.3, -0.25) is 4.40 Å². The van der Waals surface area contributed by atoms with E-state index in [1.165, 1.54) is 61.9 Å². The lowest BCUT2D eigenvalue weighted by molar-refractivity contribution is 1.13. The Labute approximate surface area is 321 Å². The molecule has 13 rings (SSSR count). The zero-order valence-corrected chi connectivity index (χ0v) is 30.7. The van der Waals surface area contributed by atoms with Crippen molar-refractivity contribution in [3.63, 3.8) is 0 Å². The molecular formula is C49H26N4S2. The summed E-state index contributed by atoms with van der Waals surface area (Å²) in [6.45, 7) is 0. The molecule has 8 aromatic carbocycles. The van der Waals surface area contributed by atoms with Crippen LogP contribution in [0, 0.1) is 0 Å². The number of rotatable bonds is 2. The van der Waals surface area contributed by atoms with Crippen LogP contribution >= 0.6 is 22.7 Å². The van der Waals surface area contributed by atoms with Crippen molar-refractivity contribution in [2.45, 2.75) is 0 Å². The molecule has 0 aliphatic rings. The molecule has 0 aliphatic carbocycles. The lowest BCUT2D eigenvalue weighted by Gasteiger charge is -2.11. The van der Waals surface area contributed by atoms with Crippen molar-refractivity contribution in [2.75, 3.05) is 0 Å². The van der Waals surface area contributed by atoms with E-state index in [0.29, 0.717) is 0 Å². The molecule has 6 heteroatoms.